The zero-order valence-electron chi connectivity index (χ0n) is 12.8. The maximum Gasteiger partial charge on any atom is 0.0603 e. The highest BCUT2D eigenvalue weighted by Gasteiger charge is 2.30. The summed E-state index contributed by atoms with van der Waals surface area (Å²) in [6.45, 7) is 6.97. The molecule has 0 atom stereocenters. The lowest BCUT2D eigenvalue weighted by molar-refractivity contribution is -0.0905. The number of rotatable bonds is 8. The number of methoxy groups -OCH3 is 1. The minimum Gasteiger partial charge on any atom is -0.385 e. The highest BCUT2D eigenvalue weighted by atomic mass is 16.5. The minimum atomic E-state index is 0.544. The van der Waals surface area contributed by atoms with Crippen LogP contribution in [0.2, 0.25) is 0 Å². The number of hydrogen-bond donors (Lipinski definition) is 0. The Hall–Kier alpha value is -0.120. The predicted octanol–water partition coefficient (Wildman–Crippen LogP) is 3.08. The Bertz CT molecular complexity index is 233. The van der Waals surface area contributed by atoms with E-state index in [0.717, 1.165) is 12.5 Å². The largest absolute Gasteiger partial charge is 0.385 e. The van der Waals surface area contributed by atoms with Crippen LogP contribution in [0.5, 0.6) is 0 Å². The summed E-state index contributed by atoms with van der Waals surface area (Å²) in [6.07, 6.45) is 10.0. The van der Waals surface area contributed by atoms with Crippen LogP contribution in [0.15, 0.2) is 0 Å². The number of ether oxygens (including phenoxy) is 2. The van der Waals surface area contributed by atoms with Crippen molar-refractivity contribution in [3.8, 4) is 0 Å². The zero-order chi connectivity index (χ0) is 13.5. The van der Waals surface area contributed by atoms with Gasteiger partial charge in [-0.15, -0.1) is 0 Å². The van der Waals surface area contributed by atoms with Gasteiger partial charge < -0.3 is 14.4 Å². The summed E-state index contributed by atoms with van der Waals surface area (Å²) in [5.74, 6) is 0.900. The molecule has 1 aliphatic heterocycles. The van der Waals surface area contributed by atoms with Gasteiger partial charge in [-0.05, 0) is 57.4 Å². The van der Waals surface area contributed by atoms with Crippen molar-refractivity contribution in [1.82, 2.24) is 4.90 Å². The molecule has 19 heavy (non-hydrogen) atoms. The van der Waals surface area contributed by atoms with E-state index in [9.17, 15) is 0 Å². The monoisotopic (exact) mass is 269 g/mol. The lowest BCUT2D eigenvalue weighted by Crippen LogP contribution is -2.41. The van der Waals surface area contributed by atoms with Gasteiger partial charge in [0.1, 0.15) is 0 Å². The molecule has 2 aliphatic rings. The fraction of sp³-hybridized carbons (Fsp3) is 1.00. The maximum absolute atomic E-state index is 6.16. The van der Waals surface area contributed by atoms with E-state index >= 15 is 0 Å². The first-order valence-electron chi connectivity index (χ1n) is 8.14. The SMILES string of the molecule is COCCCCCN1CCC(O[C@H]2C[C@H](C)C2)CC1. The smallest absolute Gasteiger partial charge is 0.0603 e. The molecule has 0 bridgehead atoms. The van der Waals surface area contributed by atoms with Gasteiger partial charge in [-0.25, -0.2) is 0 Å². The molecule has 112 valence electrons. The molecule has 2 rings (SSSR count). The molecule has 0 aromatic heterocycles. The van der Waals surface area contributed by atoms with Crippen molar-refractivity contribution < 1.29 is 9.47 Å². The highest BCUT2D eigenvalue weighted by Crippen LogP contribution is 2.31. The quantitative estimate of drug-likeness (QED) is 0.632. The first-order chi connectivity index (χ1) is 9.28. The van der Waals surface area contributed by atoms with Crippen molar-refractivity contribution in [3.63, 3.8) is 0 Å². The standard InChI is InChI=1S/C16H31NO2/c1-14-12-16(13-14)19-15-6-9-17(10-7-15)8-4-3-5-11-18-2/h14-16H,3-13H2,1-2H3/t14-,16-. The third-order valence-electron chi connectivity index (χ3n) is 4.57. The van der Waals surface area contributed by atoms with Gasteiger partial charge >= 0.3 is 0 Å². The second-order valence-corrected chi connectivity index (χ2v) is 6.43. The Morgan fingerprint density at radius 1 is 1.00 bits per heavy atom. The summed E-state index contributed by atoms with van der Waals surface area (Å²) >= 11 is 0. The van der Waals surface area contributed by atoms with E-state index in [1.54, 1.807) is 7.11 Å². The van der Waals surface area contributed by atoms with Crippen LogP contribution in [0, 0.1) is 5.92 Å². The summed E-state index contributed by atoms with van der Waals surface area (Å²) in [4.78, 5) is 2.61. The van der Waals surface area contributed by atoms with Crippen molar-refractivity contribution in [2.24, 2.45) is 5.92 Å². The molecule has 1 saturated carbocycles. The number of piperidine rings is 1. The molecule has 1 saturated heterocycles. The van der Waals surface area contributed by atoms with Crippen molar-refractivity contribution in [2.45, 2.75) is 64.1 Å². The van der Waals surface area contributed by atoms with E-state index in [1.807, 2.05) is 0 Å². The van der Waals surface area contributed by atoms with Gasteiger partial charge in [-0.1, -0.05) is 6.92 Å². The van der Waals surface area contributed by atoms with Crippen LogP contribution in [0.3, 0.4) is 0 Å². The maximum atomic E-state index is 6.16. The van der Waals surface area contributed by atoms with Crippen molar-refractivity contribution in [3.05, 3.63) is 0 Å². The Morgan fingerprint density at radius 2 is 1.74 bits per heavy atom. The predicted molar refractivity (Wildman–Crippen MR) is 78.5 cm³/mol. The van der Waals surface area contributed by atoms with Crippen LogP contribution < -0.4 is 0 Å². The molecular weight excluding hydrogens is 238 g/mol. The van der Waals surface area contributed by atoms with Gasteiger partial charge in [0.15, 0.2) is 0 Å². The third kappa shape index (κ3) is 5.41. The molecule has 3 nitrogen and oxygen atoms in total. The summed E-state index contributed by atoms with van der Waals surface area (Å²) < 4.78 is 11.2. The summed E-state index contributed by atoms with van der Waals surface area (Å²) in [7, 11) is 1.79. The normalized spacial score (nSPS) is 29.4. The molecule has 1 heterocycles. The van der Waals surface area contributed by atoms with E-state index in [-0.39, 0.29) is 0 Å². The Kier molecular flexibility index (Phi) is 6.62. The van der Waals surface area contributed by atoms with Crippen LogP contribution >= 0.6 is 0 Å². The van der Waals surface area contributed by atoms with Crippen LogP contribution in [-0.2, 0) is 9.47 Å². The van der Waals surface area contributed by atoms with E-state index in [2.05, 4.69) is 11.8 Å². The summed E-state index contributed by atoms with van der Waals surface area (Å²) in [6, 6.07) is 0. The molecule has 0 N–H and O–H groups in total. The van der Waals surface area contributed by atoms with E-state index in [4.69, 9.17) is 9.47 Å². The minimum absolute atomic E-state index is 0.544. The lowest BCUT2D eigenvalue weighted by atomic mass is 9.84. The molecule has 0 unspecified atom stereocenters. The van der Waals surface area contributed by atoms with E-state index in [0.29, 0.717) is 12.2 Å². The molecule has 3 heteroatoms. The third-order valence-corrected chi connectivity index (χ3v) is 4.57. The molecule has 2 fully saturated rings. The fourth-order valence-electron chi connectivity index (χ4n) is 3.24. The van der Waals surface area contributed by atoms with Gasteiger partial charge in [0.2, 0.25) is 0 Å². The number of nitrogens with zero attached hydrogens (tertiary/aromatic N) is 1. The fourth-order valence-corrected chi connectivity index (χ4v) is 3.24. The molecule has 0 spiro atoms. The molecule has 1 aliphatic carbocycles. The van der Waals surface area contributed by atoms with Gasteiger partial charge in [-0.2, -0.15) is 0 Å². The summed E-state index contributed by atoms with van der Waals surface area (Å²) in [5, 5.41) is 0. The van der Waals surface area contributed by atoms with Gasteiger partial charge in [-0.3, -0.25) is 0 Å². The van der Waals surface area contributed by atoms with Crippen molar-refractivity contribution >= 4 is 0 Å². The van der Waals surface area contributed by atoms with Crippen LogP contribution in [0.25, 0.3) is 0 Å². The number of likely N-dealkylation sites (tertiary alicyclic amines) is 1. The second-order valence-electron chi connectivity index (χ2n) is 6.43. The Labute approximate surface area is 118 Å². The lowest BCUT2D eigenvalue weighted by Gasteiger charge is -2.39. The Balaban J connectivity index is 1.48. The molecule has 0 radical (unpaired) electrons. The summed E-state index contributed by atoms with van der Waals surface area (Å²) in [5.41, 5.74) is 0. The van der Waals surface area contributed by atoms with Crippen LogP contribution in [0.4, 0.5) is 0 Å². The molecule has 0 aromatic rings. The first kappa shape index (κ1) is 15.3. The zero-order valence-corrected chi connectivity index (χ0v) is 12.8. The van der Waals surface area contributed by atoms with Gasteiger partial charge in [0.25, 0.3) is 0 Å². The van der Waals surface area contributed by atoms with E-state index < -0.39 is 0 Å². The number of hydrogen-bond acceptors (Lipinski definition) is 3. The van der Waals surface area contributed by atoms with Crippen LogP contribution in [-0.4, -0.2) is 50.5 Å². The van der Waals surface area contributed by atoms with Crippen LogP contribution in [0.1, 0.15) is 51.9 Å². The topological polar surface area (TPSA) is 21.7 Å². The van der Waals surface area contributed by atoms with Crippen molar-refractivity contribution in [2.75, 3.05) is 33.4 Å². The molecular formula is C16H31NO2. The second kappa shape index (κ2) is 8.23. The molecule has 0 amide bonds. The average Bonchev–Trinajstić information content (AvgIpc) is 2.39. The van der Waals surface area contributed by atoms with Gasteiger partial charge in [0, 0.05) is 26.8 Å². The molecule has 0 aromatic carbocycles. The Morgan fingerprint density at radius 3 is 2.37 bits per heavy atom. The van der Waals surface area contributed by atoms with Crippen molar-refractivity contribution in [1.29, 1.82) is 0 Å². The number of unbranched alkanes of at least 4 members (excludes halogenated alkanes) is 2. The first-order valence-corrected chi connectivity index (χ1v) is 8.14. The van der Waals surface area contributed by atoms with Gasteiger partial charge in [0.05, 0.1) is 12.2 Å². The average molecular weight is 269 g/mol. The van der Waals surface area contributed by atoms with E-state index in [1.165, 1.54) is 64.6 Å². The highest BCUT2D eigenvalue weighted by molar-refractivity contribution is 4.80.